The molecule has 13 heavy (non-hydrogen) atoms. The summed E-state index contributed by atoms with van der Waals surface area (Å²) in [5, 5.41) is 0. The highest BCUT2D eigenvalue weighted by atomic mass is 16.1. The number of carbonyl (C=O) groups is 1. The van der Waals surface area contributed by atoms with Crippen molar-refractivity contribution in [1.29, 1.82) is 0 Å². The summed E-state index contributed by atoms with van der Waals surface area (Å²) in [6.45, 7) is 9.02. The first kappa shape index (κ1) is 10.7. The molecule has 0 heterocycles. The van der Waals surface area contributed by atoms with E-state index in [0.29, 0.717) is 5.41 Å². The Morgan fingerprint density at radius 2 is 1.69 bits per heavy atom. The summed E-state index contributed by atoms with van der Waals surface area (Å²) in [6.07, 6.45) is 5.76. The summed E-state index contributed by atoms with van der Waals surface area (Å²) in [5.41, 5.74) is 0.409. The van der Waals surface area contributed by atoms with Gasteiger partial charge in [0.2, 0.25) is 0 Å². The van der Waals surface area contributed by atoms with Crippen molar-refractivity contribution in [2.24, 2.45) is 16.7 Å². The average molecular weight is 182 g/mol. The number of rotatable bonds is 1. The molecule has 1 rings (SSSR count). The van der Waals surface area contributed by atoms with Gasteiger partial charge in [0.05, 0.1) is 0 Å². The van der Waals surface area contributed by atoms with Crippen LogP contribution in [0.15, 0.2) is 0 Å². The molecule has 0 atom stereocenters. The molecule has 0 aromatic rings. The van der Waals surface area contributed by atoms with Crippen LogP contribution in [0.4, 0.5) is 0 Å². The number of hydrogen-bond donors (Lipinski definition) is 0. The van der Waals surface area contributed by atoms with Crippen LogP contribution >= 0.6 is 0 Å². The lowest BCUT2D eigenvalue weighted by Gasteiger charge is -2.39. The van der Waals surface area contributed by atoms with Crippen molar-refractivity contribution in [3.63, 3.8) is 0 Å². The standard InChI is InChI=1S/C12H22O/c1-11(2,3)10-5-7-12(4,9-13)8-6-10/h9-10H,5-8H2,1-4H3. The van der Waals surface area contributed by atoms with E-state index in [4.69, 9.17) is 0 Å². The second-order valence-electron chi connectivity index (χ2n) is 5.91. The molecule has 0 aliphatic heterocycles. The van der Waals surface area contributed by atoms with Gasteiger partial charge in [-0.1, -0.05) is 27.7 Å². The van der Waals surface area contributed by atoms with Gasteiger partial charge >= 0.3 is 0 Å². The fourth-order valence-corrected chi connectivity index (χ4v) is 2.26. The predicted octanol–water partition coefficient (Wildman–Crippen LogP) is 3.43. The molecule has 0 saturated heterocycles. The van der Waals surface area contributed by atoms with Crippen molar-refractivity contribution < 1.29 is 4.79 Å². The summed E-state index contributed by atoms with van der Waals surface area (Å²) >= 11 is 0. The Morgan fingerprint density at radius 3 is 2.00 bits per heavy atom. The first-order valence-corrected chi connectivity index (χ1v) is 5.34. The first-order valence-electron chi connectivity index (χ1n) is 5.34. The Bertz CT molecular complexity index is 180. The van der Waals surface area contributed by atoms with Crippen molar-refractivity contribution in [3.05, 3.63) is 0 Å². The lowest BCUT2D eigenvalue weighted by Crippen LogP contribution is -2.31. The highest BCUT2D eigenvalue weighted by Crippen LogP contribution is 2.43. The van der Waals surface area contributed by atoms with E-state index in [2.05, 4.69) is 27.7 Å². The van der Waals surface area contributed by atoms with Crippen LogP contribution in [-0.2, 0) is 4.79 Å². The molecule has 0 unspecified atom stereocenters. The van der Waals surface area contributed by atoms with Crippen LogP contribution in [0.3, 0.4) is 0 Å². The largest absolute Gasteiger partial charge is 0.303 e. The summed E-state index contributed by atoms with van der Waals surface area (Å²) in [5.74, 6) is 0.806. The quantitative estimate of drug-likeness (QED) is 0.568. The SMILES string of the molecule is CC1(C=O)CCC(C(C)(C)C)CC1. The maximum atomic E-state index is 10.8. The topological polar surface area (TPSA) is 17.1 Å². The Kier molecular flexibility index (Phi) is 2.84. The number of hydrogen-bond acceptors (Lipinski definition) is 1. The average Bonchev–Trinajstić information content (AvgIpc) is 2.04. The van der Waals surface area contributed by atoms with Crippen LogP contribution in [0.2, 0.25) is 0 Å². The van der Waals surface area contributed by atoms with Crippen molar-refractivity contribution >= 4 is 6.29 Å². The van der Waals surface area contributed by atoms with Crippen LogP contribution in [0.5, 0.6) is 0 Å². The number of aldehydes is 1. The van der Waals surface area contributed by atoms with E-state index in [1.807, 2.05) is 0 Å². The van der Waals surface area contributed by atoms with Gasteiger partial charge in [-0.25, -0.2) is 0 Å². The van der Waals surface area contributed by atoms with Crippen LogP contribution in [0.25, 0.3) is 0 Å². The molecule has 0 aromatic carbocycles. The fourth-order valence-electron chi connectivity index (χ4n) is 2.26. The zero-order chi connectivity index (χ0) is 10.1. The predicted molar refractivity (Wildman–Crippen MR) is 55.6 cm³/mol. The third-order valence-electron chi connectivity index (χ3n) is 3.64. The Balaban J connectivity index is 2.53. The second kappa shape index (κ2) is 3.43. The second-order valence-corrected chi connectivity index (χ2v) is 5.91. The van der Waals surface area contributed by atoms with E-state index < -0.39 is 0 Å². The van der Waals surface area contributed by atoms with Gasteiger partial charge in [0.25, 0.3) is 0 Å². The van der Waals surface area contributed by atoms with Crippen LogP contribution < -0.4 is 0 Å². The monoisotopic (exact) mass is 182 g/mol. The smallest absolute Gasteiger partial charge is 0.125 e. The molecular formula is C12H22O. The molecule has 1 fully saturated rings. The molecule has 76 valence electrons. The van der Waals surface area contributed by atoms with Crippen LogP contribution in [0, 0.1) is 16.7 Å². The lowest BCUT2D eigenvalue weighted by atomic mass is 9.65. The first-order chi connectivity index (χ1) is 5.87. The highest BCUT2D eigenvalue weighted by molar-refractivity contribution is 5.58. The normalized spacial score (nSPS) is 35.8. The van der Waals surface area contributed by atoms with Gasteiger partial charge in [-0.15, -0.1) is 0 Å². The Hall–Kier alpha value is -0.330. The van der Waals surface area contributed by atoms with E-state index >= 15 is 0 Å². The lowest BCUT2D eigenvalue weighted by molar-refractivity contribution is -0.117. The molecule has 0 bridgehead atoms. The fraction of sp³-hybridized carbons (Fsp3) is 0.917. The molecule has 1 nitrogen and oxygen atoms in total. The minimum Gasteiger partial charge on any atom is -0.303 e. The van der Waals surface area contributed by atoms with E-state index in [-0.39, 0.29) is 5.41 Å². The van der Waals surface area contributed by atoms with Gasteiger partial charge in [0.15, 0.2) is 0 Å². The van der Waals surface area contributed by atoms with Gasteiger partial charge in [0, 0.05) is 5.41 Å². The molecule has 1 aliphatic rings. The zero-order valence-corrected chi connectivity index (χ0v) is 9.39. The van der Waals surface area contributed by atoms with E-state index in [1.54, 1.807) is 0 Å². The molecule has 1 aliphatic carbocycles. The molecule has 0 aromatic heterocycles. The zero-order valence-electron chi connectivity index (χ0n) is 9.39. The Labute approximate surface area is 81.9 Å². The van der Waals surface area contributed by atoms with E-state index in [1.165, 1.54) is 12.8 Å². The molecule has 0 spiro atoms. The van der Waals surface area contributed by atoms with E-state index in [9.17, 15) is 4.79 Å². The third-order valence-corrected chi connectivity index (χ3v) is 3.64. The molecular weight excluding hydrogens is 160 g/mol. The summed E-state index contributed by atoms with van der Waals surface area (Å²) in [7, 11) is 0. The van der Waals surface area contributed by atoms with E-state index in [0.717, 1.165) is 25.0 Å². The van der Waals surface area contributed by atoms with Crippen molar-refractivity contribution in [1.82, 2.24) is 0 Å². The maximum Gasteiger partial charge on any atom is 0.125 e. The van der Waals surface area contributed by atoms with Gasteiger partial charge in [-0.05, 0) is 37.0 Å². The van der Waals surface area contributed by atoms with Crippen molar-refractivity contribution in [2.75, 3.05) is 0 Å². The van der Waals surface area contributed by atoms with Crippen molar-refractivity contribution in [2.45, 2.75) is 53.4 Å². The van der Waals surface area contributed by atoms with Gasteiger partial charge in [-0.3, -0.25) is 0 Å². The van der Waals surface area contributed by atoms with Gasteiger partial charge in [0.1, 0.15) is 6.29 Å². The Morgan fingerprint density at radius 1 is 1.23 bits per heavy atom. The summed E-state index contributed by atoms with van der Waals surface area (Å²) in [6, 6.07) is 0. The number of carbonyl (C=O) groups excluding carboxylic acids is 1. The van der Waals surface area contributed by atoms with Gasteiger partial charge in [-0.2, -0.15) is 0 Å². The summed E-state index contributed by atoms with van der Waals surface area (Å²) < 4.78 is 0. The van der Waals surface area contributed by atoms with Gasteiger partial charge < -0.3 is 4.79 Å². The minimum atomic E-state index is -0.0122. The molecule has 0 amide bonds. The molecule has 1 saturated carbocycles. The molecule has 1 heteroatoms. The molecule has 0 radical (unpaired) electrons. The molecule has 0 N–H and O–H groups in total. The highest BCUT2D eigenvalue weighted by Gasteiger charge is 2.35. The summed E-state index contributed by atoms with van der Waals surface area (Å²) in [4.78, 5) is 10.8. The maximum absolute atomic E-state index is 10.8. The van der Waals surface area contributed by atoms with Crippen LogP contribution in [0.1, 0.15) is 53.4 Å². The third kappa shape index (κ3) is 2.55. The minimum absolute atomic E-state index is 0.0122. The van der Waals surface area contributed by atoms with Crippen LogP contribution in [-0.4, -0.2) is 6.29 Å². The van der Waals surface area contributed by atoms with Crippen molar-refractivity contribution in [3.8, 4) is 0 Å².